The molecule has 94 valence electrons. The summed E-state index contributed by atoms with van der Waals surface area (Å²) in [6, 6.07) is 7.31. The van der Waals surface area contributed by atoms with E-state index in [9.17, 15) is 13.2 Å². The van der Waals surface area contributed by atoms with E-state index in [0.717, 1.165) is 5.56 Å². The molecule has 0 aliphatic heterocycles. The van der Waals surface area contributed by atoms with Gasteiger partial charge in [0, 0.05) is 17.6 Å². The highest BCUT2D eigenvalue weighted by Crippen LogP contribution is 2.16. The van der Waals surface area contributed by atoms with Gasteiger partial charge in [0.1, 0.15) is 0 Å². The molecule has 0 aliphatic rings. The zero-order valence-electron chi connectivity index (χ0n) is 9.05. The van der Waals surface area contributed by atoms with E-state index in [1.807, 2.05) is 0 Å². The van der Waals surface area contributed by atoms with Gasteiger partial charge >= 0.3 is 0 Å². The Morgan fingerprint density at radius 3 is 2.61 bits per heavy atom. The van der Waals surface area contributed by atoms with Crippen LogP contribution in [0.3, 0.4) is 0 Å². The lowest BCUT2D eigenvalue weighted by atomic mass is 10.2. The molecular weight excluding hydrogens is 265 g/mol. The minimum Gasteiger partial charge on any atom is -0.363 e. The van der Waals surface area contributed by atoms with E-state index in [0.29, 0.717) is 11.1 Å². The molecule has 2 aromatic rings. The summed E-state index contributed by atoms with van der Waals surface area (Å²) in [5.41, 5.74) is 0.772. The second-order valence-electron chi connectivity index (χ2n) is 3.57. The standard InChI is InChI=1S/C12H8ClF3N2/c13-8-3-1-2-7(4-8)6-17-12-10(15)5-9(14)11(16)18-12/h1-5H,6H2,(H,17,18). The first kappa shape index (κ1) is 12.7. The molecule has 1 aromatic heterocycles. The van der Waals surface area contributed by atoms with Gasteiger partial charge in [-0.3, -0.25) is 0 Å². The molecule has 0 amide bonds. The van der Waals surface area contributed by atoms with Gasteiger partial charge in [0.15, 0.2) is 17.5 Å². The van der Waals surface area contributed by atoms with Crippen molar-refractivity contribution >= 4 is 17.4 Å². The van der Waals surface area contributed by atoms with Crippen molar-refractivity contribution in [1.29, 1.82) is 0 Å². The molecule has 1 N–H and O–H groups in total. The Balaban J connectivity index is 2.13. The third-order valence-electron chi connectivity index (χ3n) is 2.24. The number of anilines is 1. The van der Waals surface area contributed by atoms with Gasteiger partial charge in [-0.1, -0.05) is 23.7 Å². The smallest absolute Gasteiger partial charge is 0.251 e. The summed E-state index contributed by atoms with van der Waals surface area (Å²) in [6.07, 6.45) is 0. The summed E-state index contributed by atoms with van der Waals surface area (Å²) < 4.78 is 38.7. The van der Waals surface area contributed by atoms with Crippen molar-refractivity contribution in [3.8, 4) is 0 Å². The highest BCUT2D eigenvalue weighted by molar-refractivity contribution is 6.30. The van der Waals surface area contributed by atoms with Crippen LogP contribution in [0.4, 0.5) is 19.0 Å². The molecular formula is C12H8ClF3N2. The summed E-state index contributed by atoms with van der Waals surface area (Å²) >= 11 is 5.78. The number of pyridine rings is 1. The van der Waals surface area contributed by atoms with Crippen LogP contribution < -0.4 is 5.32 Å². The van der Waals surface area contributed by atoms with Crippen LogP contribution in [0.25, 0.3) is 0 Å². The molecule has 0 fully saturated rings. The lowest BCUT2D eigenvalue weighted by molar-refractivity contribution is 0.466. The maximum absolute atomic E-state index is 13.3. The van der Waals surface area contributed by atoms with Crippen molar-refractivity contribution in [1.82, 2.24) is 4.98 Å². The van der Waals surface area contributed by atoms with Gasteiger partial charge in [-0.05, 0) is 17.7 Å². The Hall–Kier alpha value is -1.75. The first-order valence-electron chi connectivity index (χ1n) is 5.06. The number of hydrogen-bond acceptors (Lipinski definition) is 2. The average molecular weight is 273 g/mol. The number of rotatable bonds is 3. The van der Waals surface area contributed by atoms with Gasteiger partial charge in [-0.25, -0.2) is 8.78 Å². The van der Waals surface area contributed by atoms with Crippen molar-refractivity contribution in [2.75, 3.05) is 5.32 Å². The molecule has 1 heterocycles. The Labute approximate surface area is 106 Å². The monoisotopic (exact) mass is 272 g/mol. The quantitative estimate of drug-likeness (QED) is 0.861. The summed E-state index contributed by atoms with van der Waals surface area (Å²) in [4.78, 5) is 3.15. The Morgan fingerprint density at radius 2 is 1.89 bits per heavy atom. The lowest BCUT2D eigenvalue weighted by Gasteiger charge is -2.07. The Morgan fingerprint density at radius 1 is 1.11 bits per heavy atom. The molecule has 0 saturated heterocycles. The Bertz CT molecular complexity index is 575. The van der Waals surface area contributed by atoms with Crippen molar-refractivity contribution in [2.24, 2.45) is 0 Å². The molecule has 0 unspecified atom stereocenters. The minimum atomic E-state index is -1.34. The summed E-state index contributed by atoms with van der Waals surface area (Å²) in [7, 11) is 0. The van der Waals surface area contributed by atoms with Gasteiger partial charge in [0.25, 0.3) is 5.95 Å². The second kappa shape index (κ2) is 5.27. The van der Waals surface area contributed by atoms with E-state index in [4.69, 9.17) is 11.6 Å². The van der Waals surface area contributed by atoms with E-state index >= 15 is 0 Å². The molecule has 1 aromatic carbocycles. The third-order valence-corrected chi connectivity index (χ3v) is 2.47. The molecule has 18 heavy (non-hydrogen) atoms. The fraction of sp³-hybridized carbons (Fsp3) is 0.0833. The largest absolute Gasteiger partial charge is 0.363 e. The molecule has 2 rings (SSSR count). The van der Waals surface area contributed by atoms with Gasteiger partial charge in [0.2, 0.25) is 0 Å². The number of benzene rings is 1. The number of hydrogen-bond donors (Lipinski definition) is 1. The van der Waals surface area contributed by atoms with Gasteiger partial charge < -0.3 is 5.32 Å². The molecule has 6 heteroatoms. The van der Waals surface area contributed by atoms with E-state index < -0.39 is 17.6 Å². The van der Waals surface area contributed by atoms with Gasteiger partial charge in [-0.15, -0.1) is 0 Å². The van der Waals surface area contributed by atoms with Crippen LogP contribution in [0.5, 0.6) is 0 Å². The van der Waals surface area contributed by atoms with Crippen molar-refractivity contribution in [2.45, 2.75) is 6.54 Å². The van der Waals surface area contributed by atoms with E-state index in [1.54, 1.807) is 24.3 Å². The van der Waals surface area contributed by atoms with Crippen molar-refractivity contribution in [3.05, 3.63) is 58.5 Å². The van der Waals surface area contributed by atoms with Gasteiger partial charge in [0.05, 0.1) is 0 Å². The molecule has 0 aliphatic carbocycles. The summed E-state index contributed by atoms with van der Waals surface area (Å²) in [6.45, 7) is 0.204. The molecule has 0 atom stereocenters. The van der Waals surface area contributed by atoms with Crippen LogP contribution in [0.15, 0.2) is 30.3 Å². The van der Waals surface area contributed by atoms with E-state index in [-0.39, 0.29) is 12.4 Å². The molecule has 2 nitrogen and oxygen atoms in total. The van der Waals surface area contributed by atoms with Crippen LogP contribution in [0, 0.1) is 17.6 Å². The average Bonchev–Trinajstić information content (AvgIpc) is 2.32. The normalized spacial score (nSPS) is 10.4. The fourth-order valence-electron chi connectivity index (χ4n) is 1.40. The molecule has 0 bridgehead atoms. The summed E-state index contributed by atoms with van der Waals surface area (Å²) in [5.74, 6) is -3.95. The highest BCUT2D eigenvalue weighted by Gasteiger charge is 2.11. The zero-order valence-corrected chi connectivity index (χ0v) is 9.81. The van der Waals surface area contributed by atoms with E-state index in [1.165, 1.54) is 0 Å². The molecule has 0 spiro atoms. The van der Waals surface area contributed by atoms with Crippen LogP contribution in [0.2, 0.25) is 5.02 Å². The predicted molar refractivity (Wildman–Crippen MR) is 62.9 cm³/mol. The lowest BCUT2D eigenvalue weighted by Crippen LogP contribution is -2.06. The number of nitrogens with one attached hydrogen (secondary N) is 1. The highest BCUT2D eigenvalue weighted by atomic mass is 35.5. The molecule has 0 radical (unpaired) electrons. The van der Waals surface area contributed by atoms with Crippen LogP contribution in [0.1, 0.15) is 5.56 Å². The topological polar surface area (TPSA) is 24.9 Å². The SMILES string of the molecule is Fc1cc(F)c(NCc2cccc(Cl)c2)nc1F. The Kier molecular flexibility index (Phi) is 3.72. The third kappa shape index (κ3) is 2.92. The van der Waals surface area contributed by atoms with Gasteiger partial charge in [-0.2, -0.15) is 9.37 Å². The number of halogens is 4. The predicted octanol–water partition coefficient (Wildman–Crippen LogP) is 3.76. The van der Waals surface area contributed by atoms with Crippen LogP contribution >= 0.6 is 11.6 Å². The van der Waals surface area contributed by atoms with Crippen molar-refractivity contribution in [3.63, 3.8) is 0 Å². The first-order valence-corrected chi connectivity index (χ1v) is 5.44. The zero-order chi connectivity index (χ0) is 13.1. The number of aromatic nitrogens is 1. The minimum absolute atomic E-state index is 0.204. The fourth-order valence-corrected chi connectivity index (χ4v) is 1.61. The van der Waals surface area contributed by atoms with Crippen LogP contribution in [-0.2, 0) is 6.54 Å². The second-order valence-corrected chi connectivity index (χ2v) is 4.01. The first-order chi connectivity index (χ1) is 8.56. The van der Waals surface area contributed by atoms with E-state index in [2.05, 4.69) is 10.3 Å². The molecule has 0 saturated carbocycles. The maximum Gasteiger partial charge on any atom is 0.251 e. The van der Waals surface area contributed by atoms with Crippen LogP contribution in [-0.4, -0.2) is 4.98 Å². The number of nitrogens with zero attached hydrogens (tertiary/aromatic N) is 1. The summed E-state index contributed by atoms with van der Waals surface area (Å²) in [5, 5.41) is 3.11. The van der Waals surface area contributed by atoms with Crippen molar-refractivity contribution < 1.29 is 13.2 Å². The maximum atomic E-state index is 13.3.